The van der Waals surface area contributed by atoms with Gasteiger partial charge in [0.2, 0.25) is 5.91 Å². The van der Waals surface area contributed by atoms with Crippen LogP contribution in [-0.4, -0.2) is 23.0 Å². The lowest BCUT2D eigenvalue weighted by molar-refractivity contribution is -0.142. The Morgan fingerprint density at radius 3 is 2.58 bits per heavy atom. The van der Waals surface area contributed by atoms with Crippen molar-refractivity contribution in [2.45, 2.75) is 26.3 Å². The van der Waals surface area contributed by atoms with Gasteiger partial charge in [0.15, 0.2) is 0 Å². The van der Waals surface area contributed by atoms with E-state index in [0.29, 0.717) is 0 Å². The smallest absolute Gasteiger partial charge is 0.309 e. The van der Waals surface area contributed by atoms with Gasteiger partial charge in [-0.3, -0.25) is 9.59 Å². The highest BCUT2D eigenvalue weighted by Gasteiger charge is 2.38. The summed E-state index contributed by atoms with van der Waals surface area (Å²) < 4.78 is 0. The molecule has 0 spiro atoms. The number of aliphatic carboxylic acids is 1. The highest BCUT2D eigenvalue weighted by Crippen LogP contribution is 2.22. The van der Waals surface area contributed by atoms with Crippen molar-refractivity contribution in [1.82, 2.24) is 5.32 Å². The molecule has 4 nitrogen and oxygen atoms in total. The zero-order valence-corrected chi connectivity index (χ0v) is 7.20. The number of hydrogen-bond acceptors (Lipinski definition) is 2. The fourth-order valence-corrected chi connectivity index (χ4v) is 1.54. The van der Waals surface area contributed by atoms with Gasteiger partial charge in [0.05, 0.1) is 5.92 Å². The van der Waals surface area contributed by atoms with E-state index in [4.69, 9.17) is 5.11 Å². The van der Waals surface area contributed by atoms with E-state index < -0.39 is 11.9 Å². The van der Waals surface area contributed by atoms with Crippen molar-refractivity contribution in [1.29, 1.82) is 0 Å². The summed E-state index contributed by atoms with van der Waals surface area (Å²) in [7, 11) is 0. The Bertz CT molecular complexity index is 212. The maximum Gasteiger partial charge on any atom is 0.309 e. The van der Waals surface area contributed by atoms with Crippen LogP contribution < -0.4 is 5.32 Å². The second-order valence-electron chi connectivity index (χ2n) is 3.49. The maximum absolute atomic E-state index is 10.9. The van der Waals surface area contributed by atoms with E-state index in [1.165, 1.54) is 0 Å². The zero-order chi connectivity index (χ0) is 9.30. The van der Waals surface area contributed by atoms with E-state index >= 15 is 0 Å². The second-order valence-corrected chi connectivity index (χ2v) is 3.49. The van der Waals surface area contributed by atoms with E-state index in [2.05, 4.69) is 5.32 Å². The third kappa shape index (κ3) is 1.57. The average Bonchev–Trinajstić information content (AvgIpc) is 2.31. The number of carbonyl (C=O) groups is 2. The van der Waals surface area contributed by atoms with Gasteiger partial charge in [0.1, 0.15) is 0 Å². The van der Waals surface area contributed by atoms with Crippen molar-refractivity contribution in [3.05, 3.63) is 0 Å². The molecule has 0 bridgehead atoms. The van der Waals surface area contributed by atoms with Gasteiger partial charge in [-0.15, -0.1) is 0 Å². The molecule has 0 saturated carbocycles. The van der Waals surface area contributed by atoms with Crippen molar-refractivity contribution in [2.24, 2.45) is 11.8 Å². The van der Waals surface area contributed by atoms with Gasteiger partial charge >= 0.3 is 5.97 Å². The lowest BCUT2D eigenvalue weighted by Crippen LogP contribution is -2.36. The predicted octanol–water partition coefficient (Wildman–Crippen LogP) is 0.232. The average molecular weight is 171 g/mol. The first-order valence-electron chi connectivity index (χ1n) is 4.04. The molecule has 68 valence electrons. The predicted molar refractivity (Wildman–Crippen MR) is 42.5 cm³/mol. The minimum atomic E-state index is -0.882. The number of carboxylic acids is 1. The molecule has 4 heteroatoms. The molecule has 2 unspecified atom stereocenters. The summed E-state index contributed by atoms with van der Waals surface area (Å²) in [6.07, 6.45) is 0.123. The monoisotopic (exact) mass is 171 g/mol. The van der Waals surface area contributed by atoms with E-state index in [1.54, 1.807) is 0 Å². The Labute approximate surface area is 71.0 Å². The van der Waals surface area contributed by atoms with Crippen LogP contribution in [0.3, 0.4) is 0 Å². The van der Waals surface area contributed by atoms with E-state index in [9.17, 15) is 9.59 Å². The van der Waals surface area contributed by atoms with Crippen LogP contribution in [0, 0.1) is 11.8 Å². The molecule has 1 aliphatic heterocycles. The van der Waals surface area contributed by atoms with Crippen LogP contribution in [0.5, 0.6) is 0 Å². The third-order valence-corrected chi connectivity index (χ3v) is 2.20. The van der Waals surface area contributed by atoms with Crippen molar-refractivity contribution in [3.8, 4) is 0 Å². The highest BCUT2D eigenvalue weighted by atomic mass is 16.4. The number of nitrogens with one attached hydrogen (secondary N) is 1. The standard InChI is InChI=1S/C8H13NO3/c1-4(2)7-5(8(11)12)3-6(10)9-7/h4-5,7H,3H2,1-2H3,(H,9,10)(H,11,12). The maximum atomic E-state index is 10.9. The molecule has 1 heterocycles. The molecule has 1 rings (SSSR count). The minimum absolute atomic E-state index is 0.123. The normalized spacial score (nSPS) is 29.1. The number of rotatable bonds is 2. The Kier molecular flexibility index (Phi) is 2.35. The Morgan fingerprint density at radius 2 is 2.25 bits per heavy atom. The molecule has 2 atom stereocenters. The van der Waals surface area contributed by atoms with Gasteiger partial charge < -0.3 is 10.4 Å². The molecular weight excluding hydrogens is 158 g/mol. The molecule has 0 aliphatic carbocycles. The van der Waals surface area contributed by atoms with Crippen molar-refractivity contribution >= 4 is 11.9 Å². The molecule has 0 aromatic rings. The van der Waals surface area contributed by atoms with Crippen LogP contribution >= 0.6 is 0 Å². The van der Waals surface area contributed by atoms with E-state index in [1.807, 2.05) is 13.8 Å². The molecule has 0 aromatic carbocycles. The van der Waals surface area contributed by atoms with E-state index in [-0.39, 0.29) is 24.3 Å². The van der Waals surface area contributed by atoms with Crippen LogP contribution in [-0.2, 0) is 9.59 Å². The van der Waals surface area contributed by atoms with Gasteiger partial charge in [-0.1, -0.05) is 13.8 Å². The number of carboxylic acid groups (broad SMARTS) is 1. The topological polar surface area (TPSA) is 66.4 Å². The Morgan fingerprint density at radius 1 is 1.67 bits per heavy atom. The first kappa shape index (κ1) is 9.03. The number of hydrogen-bond donors (Lipinski definition) is 2. The number of amides is 1. The first-order chi connectivity index (χ1) is 5.52. The molecule has 2 N–H and O–H groups in total. The molecule has 1 fully saturated rings. The minimum Gasteiger partial charge on any atom is -0.481 e. The van der Waals surface area contributed by atoms with Crippen molar-refractivity contribution in [2.75, 3.05) is 0 Å². The lowest BCUT2D eigenvalue weighted by Gasteiger charge is -2.18. The van der Waals surface area contributed by atoms with Gasteiger partial charge in [0, 0.05) is 12.5 Å². The summed E-state index contributed by atoms with van der Waals surface area (Å²) in [5.41, 5.74) is 0. The summed E-state index contributed by atoms with van der Waals surface area (Å²) in [4.78, 5) is 21.6. The quantitative estimate of drug-likeness (QED) is 0.625. The molecule has 0 radical (unpaired) electrons. The molecule has 0 aromatic heterocycles. The molecule has 1 aliphatic rings. The van der Waals surface area contributed by atoms with Crippen LogP contribution in [0.15, 0.2) is 0 Å². The summed E-state index contributed by atoms with van der Waals surface area (Å²) in [6, 6.07) is -0.199. The van der Waals surface area contributed by atoms with Crippen LogP contribution in [0.4, 0.5) is 0 Å². The largest absolute Gasteiger partial charge is 0.481 e. The van der Waals surface area contributed by atoms with Crippen LogP contribution in [0.1, 0.15) is 20.3 Å². The van der Waals surface area contributed by atoms with Crippen molar-refractivity contribution in [3.63, 3.8) is 0 Å². The summed E-state index contributed by atoms with van der Waals surface area (Å²) in [6.45, 7) is 3.82. The fourth-order valence-electron chi connectivity index (χ4n) is 1.54. The van der Waals surface area contributed by atoms with Crippen molar-refractivity contribution < 1.29 is 14.7 Å². The zero-order valence-electron chi connectivity index (χ0n) is 7.20. The third-order valence-electron chi connectivity index (χ3n) is 2.20. The van der Waals surface area contributed by atoms with Crippen LogP contribution in [0.25, 0.3) is 0 Å². The summed E-state index contributed by atoms with van der Waals surface area (Å²) in [5, 5.41) is 11.4. The SMILES string of the molecule is CC(C)C1NC(=O)CC1C(=O)O. The first-order valence-corrected chi connectivity index (χ1v) is 4.04. The summed E-state index contributed by atoms with van der Waals surface area (Å²) >= 11 is 0. The number of carbonyl (C=O) groups excluding carboxylic acids is 1. The van der Waals surface area contributed by atoms with Crippen LogP contribution in [0.2, 0.25) is 0 Å². The van der Waals surface area contributed by atoms with Gasteiger partial charge in [-0.2, -0.15) is 0 Å². The highest BCUT2D eigenvalue weighted by molar-refractivity contribution is 5.86. The molecule has 1 saturated heterocycles. The van der Waals surface area contributed by atoms with Gasteiger partial charge in [-0.05, 0) is 5.92 Å². The lowest BCUT2D eigenvalue weighted by atomic mass is 9.92. The van der Waals surface area contributed by atoms with E-state index in [0.717, 1.165) is 0 Å². The fraction of sp³-hybridized carbons (Fsp3) is 0.750. The second kappa shape index (κ2) is 3.13. The Hall–Kier alpha value is -1.06. The van der Waals surface area contributed by atoms with Gasteiger partial charge in [0.25, 0.3) is 0 Å². The Balaban J connectivity index is 2.72. The summed E-state index contributed by atoms with van der Waals surface area (Å²) in [5.74, 6) is -1.40. The molecule has 1 amide bonds. The van der Waals surface area contributed by atoms with Gasteiger partial charge in [-0.25, -0.2) is 0 Å². The molecular formula is C8H13NO3. The molecule has 12 heavy (non-hydrogen) atoms.